The normalized spacial score (nSPS) is 28.3. The molecule has 3 unspecified atom stereocenters. The van der Waals surface area contributed by atoms with Gasteiger partial charge in [-0.1, -0.05) is 50.1 Å². The van der Waals surface area contributed by atoms with E-state index < -0.39 is 17.8 Å². The van der Waals surface area contributed by atoms with Gasteiger partial charge in [0, 0.05) is 5.54 Å². The number of rotatable bonds is 4. The van der Waals surface area contributed by atoms with E-state index in [1.165, 1.54) is 12.1 Å². The second-order valence-corrected chi connectivity index (χ2v) is 6.17. The van der Waals surface area contributed by atoms with Gasteiger partial charge in [-0.05, 0) is 24.3 Å². The molecule has 2 rings (SSSR count). The third-order valence-electron chi connectivity index (χ3n) is 4.30. The van der Waals surface area contributed by atoms with Gasteiger partial charge >= 0.3 is 6.18 Å². The first-order valence-corrected chi connectivity index (χ1v) is 7.36. The molecule has 1 aromatic rings. The predicted molar refractivity (Wildman–Crippen MR) is 75.8 cm³/mol. The minimum atomic E-state index is -4.38. The zero-order chi connectivity index (χ0) is 15.5. The van der Waals surface area contributed by atoms with Crippen molar-refractivity contribution in [1.82, 2.24) is 5.32 Å². The predicted octanol–water partition coefficient (Wildman–Crippen LogP) is 3.82. The summed E-state index contributed by atoms with van der Waals surface area (Å²) >= 11 is 0. The molecule has 2 N–H and O–H groups in total. The van der Waals surface area contributed by atoms with Gasteiger partial charge in [0.25, 0.3) is 0 Å². The standard InChI is InChI=1S/C16H22F3NO/c1-12-6-5-9-15(10-12,11-21)20-14(16(17,18)19)13-7-3-2-4-8-13/h2-4,7-8,12,14,20-21H,5-6,9-11H2,1H3. The smallest absolute Gasteiger partial charge is 0.394 e. The molecule has 2 nitrogen and oxygen atoms in total. The summed E-state index contributed by atoms with van der Waals surface area (Å²) in [5.41, 5.74) is -0.649. The van der Waals surface area contributed by atoms with Crippen LogP contribution in [-0.4, -0.2) is 23.4 Å². The second kappa shape index (κ2) is 6.36. The number of benzene rings is 1. The lowest BCUT2D eigenvalue weighted by Crippen LogP contribution is -2.55. The fourth-order valence-corrected chi connectivity index (χ4v) is 3.29. The number of aliphatic hydroxyl groups is 1. The van der Waals surface area contributed by atoms with Crippen LogP contribution in [-0.2, 0) is 0 Å². The monoisotopic (exact) mass is 301 g/mol. The lowest BCUT2D eigenvalue weighted by atomic mass is 9.76. The molecule has 1 aliphatic carbocycles. The number of alkyl halides is 3. The SMILES string of the molecule is CC1CCCC(CO)(NC(c2ccccc2)C(F)(F)F)C1. The zero-order valence-electron chi connectivity index (χ0n) is 12.2. The Balaban J connectivity index is 2.26. The maximum absolute atomic E-state index is 13.4. The highest BCUT2D eigenvalue weighted by Crippen LogP contribution is 2.39. The summed E-state index contributed by atoms with van der Waals surface area (Å²) < 4.78 is 40.3. The van der Waals surface area contributed by atoms with Crippen LogP contribution in [0.15, 0.2) is 30.3 Å². The van der Waals surface area contributed by atoms with Crippen LogP contribution in [0.3, 0.4) is 0 Å². The number of halogens is 3. The van der Waals surface area contributed by atoms with Crippen molar-refractivity contribution in [3.63, 3.8) is 0 Å². The first-order valence-electron chi connectivity index (χ1n) is 7.36. The molecule has 0 amide bonds. The Labute approximate surface area is 123 Å². The molecule has 21 heavy (non-hydrogen) atoms. The van der Waals surface area contributed by atoms with Gasteiger partial charge in [0.2, 0.25) is 0 Å². The van der Waals surface area contributed by atoms with Crippen LogP contribution in [0.1, 0.15) is 44.2 Å². The molecule has 5 heteroatoms. The lowest BCUT2D eigenvalue weighted by Gasteiger charge is -2.42. The Morgan fingerprint density at radius 3 is 2.52 bits per heavy atom. The largest absolute Gasteiger partial charge is 0.407 e. The first-order chi connectivity index (χ1) is 9.86. The van der Waals surface area contributed by atoms with Crippen LogP contribution < -0.4 is 5.32 Å². The van der Waals surface area contributed by atoms with Crippen molar-refractivity contribution in [3.05, 3.63) is 35.9 Å². The minimum Gasteiger partial charge on any atom is -0.394 e. The fraction of sp³-hybridized carbons (Fsp3) is 0.625. The highest BCUT2D eigenvalue weighted by atomic mass is 19.4. The Morgan fingerprint density at radius 2 is 2.00 bits per heavy atom. The third kappa shape index (κ3) is 3.98. The van der Waals surface area contributed by atoms with E-state index in [1.807, 2.05) is 6.92 Å². The third-order valence-corrected chi connectivity index (χ3v) is 4.30. The van der Waals surface area contributed by atoms with Gasteiger partial charge in [-0.3, -0.25) is 5.32 Å². The number of aliphatic hydroxyl groups excluding tert-OH is 1. The Hall–Kier alpha value is -1.07. The molecular formula is C16H22F3NO. The van der Waals surface area contributed by atoms with E-state index in [9.17, 15) is 18.3 Å². The van der Waals surface area contributed by atoms with Crippen LogP contribution in [0.4, 0.5) is 13.2 Å². The summed E-state index contributed by atoms with van der Waals surface area (Å²) in [5.74, 6) is 0.322. The Kier molecular flexibility index (Phi) is 4.94. The van der Waals surface area contributed by atoms with E-state index in [0.29, 0.717) is 18.8 Å². The van der Waals surface area contributed by atoms with E-state index >= 15 is 0 Å². The highest BCUT2D eigenvalue weighted by molar-refractivity contribution is 5.21. The highest BCUT2D eigenvalue weighted by Gasteiger charge is 2.46. The van der Waals surface area contributed by atoms with Crippen molar-refractivity contribution in [1.29, 1.82) is 0 Å². The lowest BCUT2D eigenvalue weighted by molar-refractivity contribution is -0.166. The zero-order valence-corrected chi connectivity index (χ0v) is 12.2. The molecule has 0 bridgehead atoms. The molecule has 0 radical (unpaired) electrons. The summed E-state index contributed by atoms with van der Waals surface area (Å²) in [6, 6.07) is 6.11. The van der Waals surface area contributed by atoms with Crippen LogP contribution >= 0.6 is 0 Å². The van der Waals surface area contributed by atoms with Crippen LogP contribution in [0.2, 0.25) is 0 Å². The van der Waals surface area contributed by atoms with Gasteiger partial charge in [-0.15, -0.1) is 0 Å². The minimum absolute atomic E-state index is 0.191. The molecule has 3 atom stereocenters. The first kappa shape index (κ1) is 16.3. The fourth-order valence-electron chi connectivity index (χ4n) is 3.29. The van der Waals surface area contributed by atoms with E-state index in [0.717, 1.165) is 12.8 Å². The average molecular weight is 301 g/mol. The molecule has 118 valence electrons. The summed E-state index contributed by atoms with van der Waals surface area (Å²) in [4.78, 5) is 0. The van der Waals surface area contributed by atoms with Gasteiger partial charge in [-0.25, -0.2) is 0 Å². The summed E-state index contributed by atoms with van der Waals surface area (Å²) in [5, 5.41) is 12.4. The molecule has 1 aliphatic rings. The van der Waals surface area contributed by atoms with Crippen molar-refractivity contribution >= 4 is 0 Å². The molecule has 0 aliphatic heterocycles. The Morgan fingerprint density at radius 1 is 1.33 bits per heavy atom. The van der Waals surface area contributed by atoms with Crippen LogP contribution in [0.25, 0.3) is 0 Å². The number of hydrogen-bond donors (Lipinski definition) is 2. The number of nitrogens with one attached hydrogen (secondary N) is 1. The van der Waals surface area contributed by atoms with E-state index in [1.54, 1.807) is 18.2 Å². The summed E-state index contributed by atoms with van der Waals surface area (Å²) in [6.45, 7) is 1.76. The number of hydrogen-bond acceptors (Lipinski definition) is 2. The topological polar surface area (TPSA) is 32.3 Å². The van der Waals surface area contributed by atoms with Gasteiger partial charge in [0.1, 0.15) is 6.04 Å². The van der Waals surface area contributed by atoms with Crippen molar-refractivity contribution in [2.45, 2.75) is 50.4 Å². The van der Waals surface area contributed by atoms with Crippen molar-refractivity contribution in [2.75, 3.05) is 6.61 Å². The second-order valence-electron chi connectivity index (χ2n) is 6.17. The molecule has 0 aromatic heterocycles. The van der Waals surface area contributed by atoms with Gasteiger partial charge in [0.15, 0.2) is 0 Å². The van der Waals surface area contributed by atoms with Crippen molar-refractivity contribution in [3.8, 4) is 0 Å². The van der Waals surface area contributed by atoms with Gasteiger partial charge in [0.05, 0.1) is 6.61 Å². The molecule has 1 aromatic carbocycles. The van der Waals surface area contributed by atoms with Gasteiger partial charge < -0.3 is 5.11 Å². The molecule has 1 fully saturated rings. The molecule has 0 heterocycles. The molecule has 0 spiro atoms. The molecular weight excluding hydrogens is 279 g/mol. The van der Waals surface area contributed by atoms with E-state index in [-0.39, 0.29) is 12.2 Å². The quantitative estimate of drug-likeness (QED) is 0.886. The molecule has 1 saturated carbocycles. The van der Waals surface area contributed by atoms with Gasteiger partial charge in [-0.2, -0.15) is 13.2 Å². The van der Waals surface area contributed by atoms with Crippen LogP contribution in [0.5, 0.6) is 0 Å². The maximum atomic E-state index is 13.4. The van der Waals surface area contributed by atoms with Crippen LogP contribution in [0, 0.1) is 5.92 Å². The summed E-state index contributed by atoms with van der Waals surface area (Å²) in [6.07, 6.45) is -1.39. The average Bonchev–Trinajstić information content (AvgIpc) is 2.45. The maximum Gasteiger partial charge on any atom is 0.407 e. The summed E-state index contributed by atoms with van der Waals surface area (Å²) in [7, 11) is 0. The Bertz CT molecular complexity index is 449. The molecule has 0 saturated heterocycles. The van der Waals surface area contributed by atoms with Crippen molar-refractivity contribution < 1.29 is 18.3 Å². The van der Waals surface area contributed by atoms with Crippen molar-refractivity contribution in [2.24, 2.45) is 5.92 Å². The van der Waals surface area contributed by atoms with E-state index in [2.05, 4.69) is 5.32 Å². The van der Waals surface area contributed by atoms with E-state index in [4.69, 9.17) is 0 Å².